The summed E-state index contributed by atoms with van der Waals surface area (Å²) in [6, 6.07) is 10.7. The van der Waals surface area contributed by atoms with Gasteiger partial charge in [0.05, 0.1) is 0 Å². The SMILES string of the molecule is CC.CC(C)(C)CCCc1ccccc1. The molecule has 0 nitrogen and oxygen atoms in total. The van der Waals surface area contributed by atoms with Gasteiger partial charge in [-0.05, 0) is 30.2 Å². The second-order valence-corrected chi connectivity index (χ2v) is 4.90. The maximum Gasteiger partial charge on any atom is -0.0279 e. The minimum Gasteiger partial charge on any atom is -0.0683 e. The van der Waals surface area contributed by atoms with Gasteiger partial charge in [0.1, 0.15) is 0 Å². The highest BCUT2D eigenvalue weighted by molar-refractivity contribution is 5.14. The molecule has 0 aliphatic heterocycles. The molecule has 0 aromatic heterocycles. The smallest absolute Gasteiger partial charge is 0.0279 e. The van der Waals surface area contributed by atoms with E-state index in [1.165, 1.54) is 24.8 Å². The van der Waals surface area contributed by atoms with Gasteiger partial charge in [-0.2, -0.15) is 0 Å². The van der Waals surface area contributed by atoms with Crippen LogP contribution in [0.4, 0.5) is 0 Å². The third kappa shape index (κ3) is 8.23. The van der Waals surface area contributed by atoms with Gasteiger partial charge >= 0.3 is 0 Å². The summed E-state index contributed by atoms with van der Waals surface area (Å²) in [5, 5.41) is 0. The number of rotatable bonds is 3. The molecule has 1 aromatic carbocycles. The molecule has 0 aliphatic rings. The molecule has 0 spiro atoms. The number of hydrogen-bond donors (Lipinski definition) is 0. The minimum atomic E-state index is 0.481. The van der Waals surface area contributed by atoms with E-state index in [9.17, 15) is 0 Å². The Morgan fingerprint density at radius 3 is 1.93 bits per heavy atom. The zero-order valence-electron chi connectivity index (χ0n) is 11.0. The largest absolute Gasteiger partial charge is 0.0683 e. The van der Waals surface area contributed by atoms with Crippen molar-refractivity contribution in [2.75, 3.05) is 0 Å². The van der Waals surface area contributed by atoms with Gasteiger partial charge in [0.25, 0.3) is 0 Å². The highest BCUT2D eigenvalue weighted by Crippen LogP contribution is 2.21. The first-order valence-electron chi connectivity index (χ1n) is 6.12. The van der Waals surface area contributed by atoms with E-state index in [0.717, 1.165) is 0 Å². The van der Waals surface area contributed by atoms with Crippen LogP contribution in [0.5, 0.6) is 0 Å². The van der Waals surface area contributed by atoms with Crippen molar-refractivity contribution in [3.8, 4) is 0 Å². The minimum absolute atomic E-state index is 0.481. The van der Waals surface area contributed by atoms with E-state index in [1.54, 1.807) is 0 Å². The molecule has 0 N–H and O–H groups in total. The standard InChI is InChI=1S/C13H20.C2H6/c1-13(2,3)11-7-10-12-8-5-4-6-9-12;1-2/h4-6,8-9H,7,10-11H2,1-3H3;1-2H3. The fraction of sp³-hybridized carbons (Fsp3) is 0.600. The second kappa shape index (κ2) is 7.50. The van der Waals surface area contributed by atoms with Crippen LogP contribution in [-0.2, 0) is 6.42 Å². The van der Waals surface area contributed by atoms with Crippen LogP contribution in [0.1, 0.15) is 53.0 Å². The lowest BCUT2D eigenvalue weighted by atomic mass is 9.89. The van der Waals surface area contributed by atoms with Crippen LogP contribution in [0.15, 0.2) is 30.3 Å². The molecule has 0 atom stereocenters. The Labute approximate surface area is 95.7 Å². The molecule has 0 fully saturated rings. The van der Waals surface area contributed by atoms with Gasteiger partial charge in [0.2, 0.25) is 0 Å². The van der Waals surface area contributed by atoms with Crippen LogP contribution in [-0.4, -0.2) is 0 Å². The Morgan fingerprint density at radius 2 is 1.47 bits per heavy atom. The van der Waals surface area contributed by atoms with E-state index >= 15 is 0 Å². The molecule has 0 radical (unpaired) electrons. The molecular formula is C15H26. The van der Waals surface area contributed by atoms with Crippen LogP contribution < -0.4 is 0 Å². The number of aryl methyl sites for hydroxylation is 1. The summed E-state index contributed by atoms with van der Waals surface area (Å²) in [6.45, 7) is 10.9. The number of benzene rings is 1. The monoisotopic (exact) mass is 206 g/mol. The summed E-state index contributed by atoms with van der Waals surface area (Å²) in [5.41, 5.74) is 1.95. The Morgan fingerprint density at radius 1 is 0.933 bits per heavy atom. The van der Waals surface area contributed by atoms with E-state index < -0.39 is 0 Å². The molecule has 1 aromatic rings. The molecule has 1 rings (SSSR count). The Balaban J connectivity index is 0.000000921. The van der Waals surface area contributed by atoms with Crippen LogP contribution in [0.25, 0.3) is 0 Å². The molecule has 0 heterocycles. The van der Waals surface area contributed by atoms with Crippen molar-refractivity contribution in [3.63, 3.8) is 0 Å². The van der Waals surface area contributed by atoms with E-state index in [0.29, 0.717) is 5.41 Å². The molecule has 15 heavy (non-hydrogen) atoms. The predicted molar refractivity (Wildman–Crippen MR) is 70.2 cm³/mol. The fourth-order valence-electron chi connectivity index (χ4n) is 1.47. The predicted octanol–water partition coefficient (Wildman–Crippen LogP) is 5.08. The highest BCUT2D eigenvalue weighted by atomic mass is 14.1. The van der Waals surface area contributed by atoms with E-state index in [1.807, 2.05) is 13.8 Å². The lowest BCUT2D eigenvalue weighted by molar-refractivity contribution is 0.365. The normalized spacial score (nSPS) is 10.5. The van der Waals surface area contributed by atoms with Crippen LogP contribution in [0.2, 0.25) is 0 Å². The van der Waals surface area contributed by atoms with E-state index in [2.05, 4.69) is 51.1 Å². The average molecular weight is 206 g/mol. The molecule has 0 saturated heterocycles. The van der Waals surface area contributed by atoms with Crippen molar-refractivity contribution in [3.05, 3.63) is 35.9 Å². The third-order valence-electron chi connectivity index (χ3n) is 2.24. The van der Waals surface area contributed by atoms with Crippen molar-refractivity contribution < 1.29 is 0 Å². The molecular weight excluding hydrogens is 180 g/mol. The van der Waals surface area contributed by atoms with Gasteiger partial charge in [0, 0.05) is 0 Å². The second-order valence-electron chi connectivity index (χ2n) is 4.90. The summed E-state index contributed by atoms with van der Waals surface area (Å²) in [5.74, 6) is 0. The Bertz CT molecular complexity index is 228. The first-order valence-corrected chi connectivity index (χ1v) is 6.12. The lowest BCUT2D eigenvalue weighted by Gasteiger charge is -2.17. The zero-order chi connectivity index (χ0) is 11.7. The van der Waals surface area contributed by atoms with Gasteiger partial charge < -0.3 is 0 Å². The van der Waals surface area contributed by atoms with Crippen molar-refractivity contribution >= 4 is 0 Å². The fourth-order valence-corrected chi connectivity index (χ4v) is 1.47. The van der Waals surface area contributed by atoms with Gasteiger partial charge in [-0.1, -0.05) is 65.0 Å². The maximum atomic E-state index is 2.30. The molecule has 0 bridgehead atoms. The van der Waals surface area contributed by atoms with Crippen molar-refractivity contribution in [2.45, 2.75) is 53.9 Å². The average Bonchev–Trinajstić information content (AvgIpc) is 2.20. The first kappa shape index (κ1) is 14.2. The van der Waals surface area contributed by atoms with Crippen LogP contribution in [0.3, 0.4) is 0 Å². The number of hydrogen-bond acceptors (Lipinski definition) is 0. The third-order valence-corrected chi connectivity index (χ3v) is 2.24. The molecule has 0 heteroatoms. The summed E-state index contributed by atoms with van der Waals surface area (Å²) in [6.07, 6.45) is 3.83. The topological polar surface area (TPSA) is 0 Å². The first-order chi connectivity index (χ1) is 7.08. The van der Waals surface area contributed by atoms with Crippen molar-refractivity contribution in [2.24, 2.45) is 5.41 Å². The zero-order valence-corrected chi connectivity index (χ0v) is 11.0. The van der Waals surface area contributed by atoms with E-state index in [-0.39, 0.29) is 0 Å². The summed E-state index contributed by atoms with van der Waals surface area (Å²) in [4.78, 5) is 0. The van der Waals surface area contributed by atoms with Crippen molar-refractivity contribution in [1.82, 2.24) is 0 Å². The van der Waals surface area contributed by atoms with Gasteiger partial charge in [-0.3, -0.25) is 0 Å². The molecule has 0 amide bonds. The van der Waals surface area contributed by atoms with Crippen LogP contribution in [0, 0.1) is 5.41 Å². The Kier molecular flexibility index (Phi) is 7.11. The molecule has 0 saturated carbocycles. The van der Waals surface area contributed by atoms with Gasteiger partial charge in [-0.25, -0.2) is 0 Å². The van der Waals surface area contributed by atoms with Gasteiger partial charge in [0.15, 0.2) is 0 Å². The Hall–Kier alpha value is -0.780. The van der Waals surface area contributed by atoms with Crippen molar-refractivity contribution in [1.29, 1.82) is 0 Å². The summed E-state index contributed by atoms with van der Waals surface area (Å²) >= 11 is 0. The molecule has 86 valence electrons. The van der Waals surface area contributed by atoms with E-state index in [4.69, 9.17) is 0 Å². The maximum absolute atomic E-state index is 2.30. The summed E-state index contributed by atoms with van der Waals surface area (Å²) < 4.78 is 0. The molecule has 0 unspecified atom stereocenters. The van der Waals surface area contributed by atoms with Gasteiger partial charge in [-0.15, -0.1) is 0 Å². The quantitative estimate of drug-likeness (QED) is 0.647. The molecule has 0 aliphatic carbocycles. The lowest BCUT2D eigenvalue weighted by Crippen LogP contribution is -2.04. The summed E-state index contributed by atoms with van der Waals surface area (Å²) in [7, 11) is 0. The highest BCUT2D eigenvalue weighted by Gasteiger charge is 2.08. The van der Waals surface area contributed by atoms with Crippen LogP contribution >= 0.6 is 0 Å².